The third-order valence-corrected chi connectivity index (χ3v) is 8.14. The van der Waals surface area contributed by atoms with E-state index in [0.717, 1.165) is 36.3 Å². The Balaban J connectivity index is 1.51. The molecule has 0 saturated heterocycles. The summed E-state index contributed by atoms with van der Waals surface area (Å²) in [6.07, 6.45) is 3.65. The molecule has 7 heteroatoms. The van der Waals surface area contributed by atoms with Crippen molar-refractivity contribution in [2.24, 2.45) is 0 Å². The number of aromatic nitrogens is 2. The van der Waals surface area contributed by atoms with Gasteiger partial charge in [-0.1, -0.05) is 76.9 Å². The maximum atomic E-state index is 14.1. The molecule has 2 amide bonds. The topological polar surface area (TPSA) is 69.0 Å². The Kier molecular flexibility index (Phi) is 5.96. The molecule has 5 nitrogen and oxygen atoms in total. The Morgan fingerprint density at radius 1 is 0.711 bits per heavy atom. The van der Waals surface area contributed by atoms with Crippen LogP contribution in [0.15, 0.2) is 82.0 Å². The van der Waals surface area contributed by atoms with Gasteiger partial charge in [-0.15, -0.1) is 0 Å². The number of nitrogens with zero attached hydrogens (tertiary/aromatic N) is 1. The predicted molar refractivity (Wildman–Crippen MR) is 160 cm³/mol. The quantitative estimate of drug-likeness (QED) is 0.198. The summed E-state index contributed by atoms with van der Waals surface area (Å²) >= 11 is 7.11. The molecule has 0 fully saturated rings. The van der Waals surface area contributed by atoms with Crippen LogP contribution >= 0.6 is 31.9 Å². The number of aromatic amines is 2. The predicted octanol–water partition coefficient (Wildman–Crippen LogP) is 7.95. The van der Waals surface area contributed by atoms with Crippen LogP contribution in [0.5, 0.6) is 0 Å². The molecule has 0 radical (unpaired) electrons. The van der Waals surface area contributed by atoms with E-state index < -0.39 is 0 Å². The normalized spacial score (nSPS) is 14.5. The molecule has 0 aliphatic carbocycles. The van der Waals surface area contributed by atoms with Gasteiger partial charge < -0.3 is 9.97 Å². The highest BCUT2D eigenvalue weighted by Gasteiger charge is 2.41. The smallest absolute Gasteiger partial charge is 0.262 e. The number of hydrogen-bond donors (Lipinski definition) is 2. The molecule has 0 unspecified atom stereocenters. The van der Waals surface area contributed by atoms with Crippen molar-refractivity contribution in [3.8, 4) is 0 Å². The van der Waals surface area contributed by atoms with Crippen LogP contribution in [-0.4, -0.2) is 26.7 Å². The van der Waals surface area contributed by atoms with Crippen molar-refractivity contribution in [3.05, 3.63) is 104 Å². The average molecular weight is 631 g/mol. The first-order valence-electron chi connectivity index (χ1n) is 12.4. The molecule has 0 spiro atoms. The first kappa shape index (κ1) is 24.9. The van der Waals surface area contributed by atoms with Gasteiger partial charge in [0.25, 0.3) is 11.8 Å². The van der Waals surface area contributed by atoms with E-state index in [0.29, 0.717) is 22.3 Å². The van der Waals surface area contributed by atoms with E-state index in [-0.39, 0.29) is 23.8 Å². The number of rotatable bonds is 4. The minimum Gasteiger partial charge on any atom is -0.361 e. The van der Waals surface area contributed by atoms with Crippen LogP contribution in [0.4, 0.5) is 0 Å². The van der Waals surface area contributed by atoms with Crippen LogP contribution in [0.2, 0.25) is 0 Å². The van der Waals surface area contributed by atoms with Crippen molar-refractivity contribution >= 4 is 76.6 Å². The molecule has 5 aromatic rings. The Morgan fingerprint density at radius 2 is 1.18 bits per heavy atom. The zero-order chi connectivity index (χ0) is 26.8. The van der Waals surface area contributed by atoms with Crippen molar-refractivity contribution < 1.29 is 9.59 Å². The van der Waals surface area contributed by atoms with Crippen LogP contribution in [0.3, 0.4) is 0 Å². The number of amides is 2. The Labute approximate surface area is 237 Å². The number of benzene rings is 3. The molecular formula is C31H25Br2N3O2. The molecule has 2 N–H and O–H groups in total. The zero-order valence-electron chi connectivity index (χ0n) is 21.2. The molecule has 3 aromatic carbocycles. The number of carbonyl (C=O) groups is 2. The Bertz CT molecular complexity index is 1680. The van der Waals surface area contributed by atoms with Gasteiger partial charge in [0.05, 0.1) is 17.7 Å². The summed E-state index contributed by atoms with van der Waals surface area (Å²) in [6.45, 7) is 6.69. The average Bonchev–Trinajstić information content (AvgIpc) is 3.54. The van der Waals surface area contributed by atoms with Gasteiger partial charge >= 0.3 is 0 Å². The van der Waals surface area contributed by atoms with Crippen molar-refractivity contribution in [2.75, 3.05) is 0 Å². The molecule has 1 aliphatic rings. The number of carbonyl (C=O) groups excluding carboxylic acids is 2. The van der Waals surface area contributed by atoms with Gasteiger partial charge in [-0.2, -0.15) is 0 Å². The Hall–Kier alpha value is -3.42. The summed E-state index contributed by atoms with van der Waals surface area (Å²) in [5, 5.41) is 1.76. The fourth-order valence-corrected chi connectivity index (χ4v) is 5.83. The van der Waals surface area contributed by atoms with E-state index in [1.807, 2.05) is 60.9 Å². The van der Waals surface area contributed by atoms with Gasteiger partial charge in [0.15, 0.2) is 0 Å². The lowest BCUT2D eigenvalue weighted by Gasteiger charge is -2.20. The fourth-order valence-electron chi connectivity index (χ4n) is 5.11. The van der Waals surface area contributed by atoms with E-state index >= 15 is 0 Å². The zero-order valence-corrected chi connectivity index (χ0v) is 24.3. The number of halogens is 2. The second kappa shape index (κ2) is 9.10. The third kappa shape index (κ3) is 4.14. The highest BCUT2D eigenvalue weighted by atomic mass is 79.9. The number of fused-ring (bicyclic) bond motifs is 2. The summed E-state index contributed by atoms with van der Waals surface area (Å²) in [4.78, 5) is 36.1. The Morgan fingerprint density at radius 3 is 1.63 bits per heavy atom. The molecule has 3 heterocycles. The maximum Gasteiger partial charge on any atom is 0.262 e. The number of H-pyrrole nitrogens is 2. The molecule has 6 rings (SSSR count). The van der Waals surface area contributed by atoms with E-state index in [1.165, 1.54) is 10.5 Å². The van der Waals surface area contributed by atoms with E-state index in [2.05, 4.69) is 74.7 Å². The first-order chi connectivity index (χ1) is 18.1. The maximum absolute atomic E-state index is 14.1. The molecule has 0 bridgehead atoms. The van der Waals surface area contributed by atoms with E-state index in [4.69, 9.17) is 0 Å². The second-order valence-electron chi connectivity index (χ2n) is 10.7. The second-order valence-corrected chi connectivity index (χ2v) is 12.5. The number of imide groups is 1. The molecular weight excluding hydrogens is 606 g/mol. The SMILES string of the molecule is CC(C)(C)c1ccc(CN2C(=O)C(c3c[nH]c4ccc(Br)cc34)=C(c3c[nH]c4ccc(Br)cc34)C2=O)cc1. The van der Waals surface area contributed by atoms with Crippen LogP contribution in [0.1, 0.15) is 43.0 Å². The van der Waals surface area contributed by atoms with Crippen LogP contribution < -0.4 is 0 Å². The monoisotopic (exact) mass is 629 g/mol. The minimum atomic E-state index is -0.296. The van der Waals surface area contributed by atoms with Crippen LogP contribution in [-0.2, 0) is 21.5 Å². The summed E-state index contributed by atoms with van der Waals surface area (Å²) in [6, 6.07) is 19.9. The highest BCUT2D eigenvalue weighted by Crippen LogP contribution is 2.42. The van der Waals surface area contributed by atoms with Crippen molar-refractivity contribution in [1.29, 1.82) is 0 Å². The molecule has 0 atom stereocenters. The van der Waals surface area contributed by atoms with Gasteiger partial charge in [-0.25, -0.2) is 0 Å². The van der Waals surface area contributed by atoms with Gasteiger partial charge in [0, 0.05) is 54.3 Å². The van der Waals surface area contributed by atoms with Crippen molar-refractivity contribution in [1.82, 2.24) is 14.9 Å². The van der Waals surface area contributed by atoms with Crippen molar-refractivity contribution in [2.45, 2.75) is 32.7 Å². The van der Waals surface area contributed by atoms with Gasteiger partial charge in [0.1, 0.15) is 0 Å². The molecule has 38 heavy (non-hydrogen) atoms. The number of hydrogen-bond acceptors (Lipinski definition) is 2. The molecule has 0 saturated carbocycles. The summed E-state index contributed by atoms with van der Waals surface area (Å²) in [7, 11) is 0. The van der Waals surface area contributed by atoms with E-state index in [9.17, 15) is 9.59 Å². The summed E-state index contributed by atoms with van der Waals surface area (Å²) < 4.78 is 1.80. The lowest BCUT2D eigenvalue weighted by Crippen LogP contribution is -2.31. The fraction of sp³-hybridized carbons (Fsp3) is 0.161. The van der Waals surface area contributed by atoms with Crippen LogP contribution in [0.25, 0.3) is 33.0 Å². The van der Waals surface area contributed by atoms with Gasteiger partial charge in [-0.3, -0.25) is 14.5 Å². The number of nitrogens with one attached hydrogen (secondary N) is 2. The standard InChI is InChI=1S/C31H25Br2N3O2/c1-31(2,3)18-6-4-17(5-7-18)16-36-29(37)27(23-14-34-25-10-8-19(32)12-21(23)25)28(30(36)38)24-15-35-26-11-9-20(33)13-22(24)26/h4-15,34-35H,16H2,1-3H3. The van der Waals surface area contributed by atoms with Crippen LogP contribution in [0, 0.1) is 0 Å². The largest absolute Gasteiger partial charge is 0.361 e. The third-order valence-electron chi connectivity index (χ3n) is 7.15. The highest BCUT2D eigenvalue weighted by molar-refractivity contribution is 9.10. The molecule has 2 aromatic heterocycles. The minimum absolute atomic E-state index is 0.0208. The molecule has 1 aliphatic heterocycles. The van der Waals surface area contributed by atoms with Gasteiger partial charge in [0.2, 0.25) is 0 Å². The first-order valence-corrected chi connectivity index (χ1v) is 13.9. The molecule has 190 valence electrons. The van der Waals surface area contributed by atoms with Crippen molar-refractivity contribution in [3.63, 3.8) is 0 Å². The summed E-state index contributed by atoms with van der Waals surface area (Å²) in [5.74, 6) is -0.592. The lowest BCUT2D eigenvalue weighted by atomic mass is 9.87. The summed E-state index contributed by atoms with van der Waals surface area (Å²) in [5.41, 5.74) is 6.17. The van der Waals surface area contributed by atoms with E-state index in [1.54, 1.807) is 0 Å². The lowest BCUT2D eigenvalue weighted by molar-refractivity contribution is -0.136. The van der Waals surface area contributed by atoms with Gasteiger partial charge in [-0.05, 0) is 52.9 Å².